The number of fused-ring (bicyclic) bond motifs is 1. The van der Waals surface area contributed by atoms with Crippen LogP contribution in [0.15, 0.2) is 18.3 Å². The second-order valence-corrected chi connectivity index (χ2v) is 8.04. The fourth-order valence-electron chi connectivity index (χ4n) is 4.63. The van der Waals surface area contributed by atoms with Crippen molar-refractivity contribution in [3.63, 3.8) is 0 Å². The van der Waals surface area contributed by atoms with Crippen molar-refractivity contribution in [1.82, 2.24) is 19.7 Å². The van der Waals surface area contributed by atoms with Gasteiger partial charge in [-0.3, -0.25) is 19.5 Å². The third kappa shape index (κ3) is 4.15. The van der Waals surface area contributed by atoms with Gasteiger partial charge in [0.1, 0.15) is 0 Å². The van der Waals surface area contributed by atoms with Crippen LogP contribution in [0.3, 0.4) is 0 Å². The Morgan fingerprint density at radius 1 is 0.963 bits per heavy atom. The van der Waals surface area contributed by atoms with Gasteiger partial charge in [0.25, 0.3) is 0 Å². The molecule has 1 aromatic rings. The highest BCUT2D eigenvalue weighted by molar-refractivity contribution is 5.84. The number of piperazine rings is 1. The Morgan fingerprint density at radius 2 is 1.74 bits per heavy atom. The minimum Gasteiger partial charge on any atom is -0.342 e. The zero-order valence-electron chi connectivity index (χ0n) is 16.1. The number of piperidine rings is 1. The summed E-state index contributed by atoms with van der Waals surface area (Å²) in [6.07, 6.45) is 8.28. The summed E-state index contributed by atoms with van der Waals surface area (Å²) in [7, 11) is 0. The summed E-state index contributed by atoms with van der Waals surface area (Å²) in [5, 5.41) is 0. The van der Waals surface area contributed by atoms with Crippen LogP contribution in [-0.2, 0) is 16.0 Å². The third-order valence-electron chi connectivity index (χ3n) is 6.24. The monoisotopic (exact) mass is 370 g/mol. The topological polar surface area (TPSA) is 56.8 Å². The van der Waals surface area contributed by atoms with E-state index in [1.54, 1.807) is 6.20 Å². The maximum Gasteiger partial charge on any atom is 0.236 e. The number of amides is 2. The van der Waals surface area contributed by atoms with E-state index in [1.807, 2.05) is 15.9 Å². The van der Waals surface area contributed by atoms with Crippen LogP contribution in [-0.4, -0.2) is 77.3 Å². The molecule has 0 aromatic carbocycles. The quantitative estimate of drug-likeness (QED) is 0.812. The first kappa shape index (κ1) is 18.4. The van der Waals surface area contributed by atoms with E-state index >= 15 is 0 Å². The summed E-state index contributed by atoms with van der Waals surface area (Å²) in [6.45, 7) is 5.31. The molecule has 2 amide bonds. The van der Waals surface area contributed by atoms with Crippen LogP contribution in [0.1, 0.15) is 49.3 Å². The van der Waals surface area contributed by atoms with Crippen LogP contribution >= 0.6 is 0 Å². The summed E-state index contributed by atoms with van der Waals surface area (Å²) < 4.78 is 0. The van der Waals surface area contributed by atoms with Gasteiger partial charge in [0.15, 0.2) is 0 Å². The van der Waals surface area contributed by atoms with Gasteiger partial charge in [0.05, 0.1) is 18.2 Å². The molecule has 2 aliphatic heterocycles. The van der Waals surface area contributed by atoms with Crippen molar-refractivity contribution in [2.24, 2.45) is 0 Å². The van der Waals surface area contributed by atoms with Gasteiger partial charge in [-0.25, -0.2) is 0 Å². The molecule has 6 heteroatoms. The lowest BCUT2D eigenvalue weighted by Gasteiger charge is -2.38. The lowest BCUT2D eigenvalue weighted by atomic mass is 9.85. The zero-order valence-corrected chi connectivity index (χ0v) is 16.1. The van der Waals surface area contributed by atoms with Crippen molar-refractivity contribution in [2.45, 2.75) is 44.4 Å². The molecule has 0 bridgehead atoms. The molecule has 4 rings (SSSR count). The fraction of sp³-hybridized carbons (Fsp3) is 0.667. The predicted octanol–water partition coefficient (Wildman–Crippen LogP) is 1.66. The molecule has 1 unspecified atom stereocenters. The Balaban J connectivity index is 1.30. The van der Waals surface area contributed by atoms with E-state index in [9.17, 15) is 9.59 Å². The van der Waals surface area contributed by atoms with E-state index in [0.29, 0.717) is 19.6 Å². The third-order valence-corrected chi connectivity index (χ3v) is 6.24. The van der Waals surface area contributed by atoms with Gasteiger partial charge < -0.3 is 9.80 Å². The summed E-state index contributed by atoms with van der Waals surface area (Å²) >= 11 is 0. The van der Waals surface area contributed by atoms with Gasteiger partial charge in [-0.1, -0.05) is 6.07 Å². The average Bonchev–Trinajstić information content (AvgIpc) is 2.74. The van der Waals surface area contributed by atoms with Crippen LogP contribution in [0.2, 0.25) is 0 Å². The number of rotatable bonds is 3. The minimum absolute atomic E-state index is 0.0866. The molecule has 0 saturated carbocycles. The molecule has 0 spiro atoms. The van der Waals surface area contributed by atoms with Crippen molar-refractivity contribution in [3.05, 3.63) is 29.6 Å². The van der Waals surface area contributed by atoms with Crippen LogP contribution in [0.5, 0.6) is 0 Å². The number of hydrogen-bond donors (Lipinski definition) is 0. The lowest BCUT2D eigenvalue weighted by molar-refractivity contribution is -0.136. The number of pyridine rings is 1. The molecule has 27 heavy (non-hydrogen) atoms. The summed E-state index contributed by atoms with van der Waals surface area (Å²) in [5.74, 6) is 0.382. The standard InChI is InChI=1S/C21H30N4O2/c26-19(24-10-2-1-3-11-24)16-23-12-14-25(15-13-23)21(27)18-8-4-6-17-7-5-9-22-20(17)18/h5,7,9,18H,1-4,6,8,10-16H2. The van der Waals surface area contributed by atoms with Gasteiger partial charge in [-0.15, -0.1) is 0 Å². The van der Waals surface area contributed by atoms with Crippen molar-refractivity contribution < 1.29 is 9.59 Å². The molecule has 0 radical (unpaired) electrons. The van der Waals surface area contributed by atoms with E-state index < -0.39 is 0 Å². The van der Waals surface area contributed by atoms with Crippen LogP contribution in [0, 0.1) is 0 Å². The van der Waals surface area contributed by atoms with Crippen molar-refractivity contribution in [3.8, 4) is 0 Å². The Morgan fingerprint density at radius 3 is 2.52 bits per heavy atom. The normalized spacial score (nSPS) is 23.8. The molecule has 3 heterocycles. The summed E-state index contributed by atoms with van der Waals surface area (Å²) in [4.78, 5) is 36.3. The molecule has 1 aliphatic carbocycles. The minimum atomic E-state index is -0.0866. The molecule has 2 fully saturated rings. The van der Waals surface area contributed by atoms with Gasteiger partial charge in [0.2, 0.25) is 11.8 Å². The first-order valence-electron chi connectivity index (χ1n) is 10.4. The molecular weight excluding hydrogens is 340 g/mol. The molecule has 3 aliphatic rings. The second-order valence-electron chi connectivity index (χ2n) is 8.04. The fourth-order valence-corrected chi connectivity index (χ4v) is 4.63. The SMILES string of the molecule is O=C(CN1CCN(C(=O)C2CCCc3cccnc32)CC1)N1CCCCC1. The molecule has 146 valence electrons. The van der Waals surface area contributed by atoms with Gasteiger partial charge in [-0.2, -0.15) is 0 Å². The molecule has 0 N–H and O–H groups in total. The highest BCUT2D eigenvalue weighted by Gasteiger charge is 2.33. The van der Waals surface area contributed by atoms with E-state index in [4.69, 9.17) is 0 Å². The summed E-state index contributed by atoms with van der Waals surface area (Å²) in [6, 6.07) is 4.07. The van der Waals surface area contributed by atoms with E-state index in [-0.39, 0.29) is 17.7 Å². The first-order chi connectivity index (χ1) is 13.2. The number of carbonyl (C=O) groups excluding carboxylic acids is 2. The first-order valence-corrected chi connectivity index (χ1v) is 10.4. The van der Waals surface area contributed by atoms with Gasteiger partial charge in [0, 0.05) is 45.5 Å². The number of hydrogen-bond acceptors (Lipinski definition) is 4. The van der Waals surface area contributed by atoms with Crippen molar-refractivity contribution in [1.29, 1.82) is 0 Å². The maximum atomic E-state index is 13.1. The molecule has 6 nitrogen and oxygen atoms in total. The molecule has 1 aromatic heterocycles. The number of likely N-dealkylation sites (tertiary alicyclic amines) is 1. The van der Waals surface area contributed by atoms with Gasteiger partial charge >= 0.3 is 0 Å². The number of aryl methyl sites for hydroxylation is 1. The predicted molar refractivity (Wildman–Crippen MR) is 103 cm³/mol. The lowest BCUT2D eigenvalue weighted by Crippen LogP contribution is -2.53. The highest BCUT2D eigenvalue weighted by Crippen LogP contribution is 2.31. The van der Waals surface area contributed by atoms with E-state index in [0.717, 1.165) is 64.0 Å². The number of aromatic nitrogens is 1. The number of nitrogens with zero attached hydrogens (tertiary/aromatic N) is 4. The Labute approximate surface area is 161 Å². The summed E-state index contributed by atoms with van der Waals surface area (Å²) in [5.41, 5.74) is 2.21. The molecule has 1 atom stereocenters. The Hall–Kier alpha value is -1.95. The Bertz CT molecular complexity index is 679. The number of carbonyl (C=O) groups is 2. The van der Waals surface area contributed by atoms with E-state index in [2.05, 4.69) is 16.0 Å². The Kier molecular flexibility index (Phi) is 5.72. The second kappa shape index (κ2) is 8.38. The van der Waals surface area contributed by atoms with Crippen LogP contribution in [0.4, 0.5) is 0 Å². The zero-order chi connectivity index (χ0) is 18.6. The molecule has 2 saturated heterocycles. The molecular formula is C21H30N4O2. The maximum absolute atomic E-state index is 13.1. The van der Waals surface area contributed by atoms with Crippen molar-refractivity contribution >= 4 is 11.8 Å². The smallest absolute Gasteiger partial charge is 0.236 e. The van der Waals surface area contributed by atoms with Gasteiger partial charge in [-0.05, 0) is 50.2 Å². The van der Waals surface area contributed by atoms with E-state index in [1.165, 1.54) is 12.0 Å². The van der Waals surface area contributed by atoms with Crippen LogP contribution in [0.25, 0.3) is 0 Å². The van der Waals surface area contributed by atoms with Crippen LogP contribution < -0.4 is 0 Å². The largest absolute Gasteiger partial charge is 0.342 e. The average molecular weight is 370 g/mol. The highest BCUT2D eigenvalue weighted by atomic mass is 16.2. The van der Waals surface area contributed by atoms with Crippen molar-refractivity contribution in [2.75, 3.05) is 45.8 Å².